The van der Waals surface area contributed by atoms with Gasteiger partial charge in [0.2, 0.25) is 6.79 Å². The third-order valence-corrected chi connectivity index (χ3v) is 5.65. The maximum atomic E-state index is 13.1. The Labute approximate surface area is 184 Å². The first-order chi connectivity index (χ1) is 15.5. The number of aliphatic hydroxyl groups excluding tert-OH is 1. The van der Waals surface area contributed by atoms with Gasteiger partial charge in [0.1, 0.15) is 5.76 Å². The van der Waals surface area contributed by atoms with Crippen LogP contribution >= 0.6 is 0 Å². The van der Waals surface area contributed by atoms with Crippen molar-refractivity contribution in [2.75, 3.05) is 6.79 Å². The number of rotatable bonds is 4. The molecule has 0 spiro atoms. The zero-order valence-electron chi connectivity index (χ0n) is 17.3. The quantitative estimate of drug-likeness (QED) is 0.387. The van der Waals surface area contributed by atoms with Gasteiger partial charge in [-0.15, -0.1) is 0 Å². The summed E-state index contributed by atoms with van der Waals surface area (Å²) >= 11 is 0. The first-order valence-corrected chi connectivity index (χ1v) is 10.2. The van der Waals surface area contributed by atoms with Gasteiger partial charge >= 0.3 is 0 Å². The number of carbonyl (C=O) groups is 2. The highest BCUT2D eigenvalue weighted by Crippen LogP contribution is 2.42. The summed E-state index contributed by atoms with van der Waals surface area (Å²) in [4.78, 5) is 31.8. The molecule has 1 N–H and O–H groups in total. The molecule has 0 saturated carbocycles. The molecular weight excluding hydrogens is 408 g/mol. The predicted molar refractivity (Wildman–Crippen MR) is 116 cm³/mol. The molecule has 32 heavy (non-hydrogen) atoms. The Morgan fingerprint density at radius 1 is 1.09 bits per heavy atom. The fourth-order valence-electron chi connectivity index (χ4n) is 4.03. The first kappa shape index (κ1) is 19.8. The first-order valence-electron chi connectivity index (χ1n) is 10.2. The van der Waals surface area contributed by atoms with E-state index in [2.05, 4.69) is 4.98 Å². The van der Waals surface area contributed by atoms with Crippen molar-refractivity contribution in [3.63, 3.8) is 0 Å². The van der Waals surface area contributed by atoms with Gasteiger partial charge in [0.05, 0.1) is 11.6 Å². The van der Waals surface area contributed by atoms with E-state index in [1.165, 1.54) is 4.90 Å². The van der Waals surface area contributed by atoms with E-state index in [1.807, 2.05) is 37.3 Å². The largest absolute Gasteiger partial charge is 0.507 e. The van der Waals surface area contributed by atoms with E-state index in [1.54, 1.807) is 36.7 Å². The second-order valence-electron chi connectivity index (χ2n) is 7.77. The highest BCUT2D eigenvalue weighted by Gasteiger charge is 2.46. The maximum absolute atomic E-state index is 13.1. The molecule has 1 saturated heterocycles. The minimum absolute atomic E-state index is 0.0432. The van der Waals surface area contributed by atoms with Crippen LogP contribution in [0.5, 0.6) is 11.5 Å². The molecule has 1 unspecified atom stereocenters. The van der Waals surface area contributed by atoms with E-state index < -0.39 is 17.7 Å². The van der Waals surface area contributed by atoms with Gasteiger partial charge in [-0.3, -0.25) is 14.6 Å². The lowest BCUT2D eigenvalue weighted by molar-refractivity contribution is -0.140. The van der Waals surface area contributed by atoms with Crippen molar-refractivity contribution in [1.29, 1.82) is 0 Å². The van der Waals surface area contributed by atoms with Crippen LogP contribution in [0.3, 0.4) is 0 Å². The smallest absolute Gasteiger partial charge is 0.295 e. The minimum Gasteiger partial charge on any atom is -0.507 e. The molecule has 160 valence electrons. The van der Waals surface area contributed by atoms with Gasteiger partial charge in [-0.05, 0) is 42.3 Å². The van der Waals surface area contributed by atoms with E-state index in [-0.39, 0.29) is 24.7 Å². The van der Waals surface area contributed by atoms with Crippen LogP contribution in [0.4, 0.5) is 0 Å². The van der Waals surface area contributed by atoms with Gasteiger partial charge in [-0.25, -0.2) is 0 Å². The van der Waals surface area contributed by atoms with Crippen molar-refractivity contribution in [2.45, 2.75) is 19.5 Å². The van der Waals surface area contributed by atoms with Crippen molar-refractivity contribution in [3.05, 3.63) is 94.8 Å². The van der Waals surface area contributed by atoms with Crippen LogP contribution in [-0.2, 0) is 16.1 Å². The second kappa shape index (κ2) is 7.85. The number of pyridine rings is 1. The molecule has 0 radical (unpaired) electrons. The lowest BCUT2D eigenvalue weighted by Gasteiger charge is -2.25. The molecule has 3 aromatic rings. The molecule has 7 nitrogen and oxygen atoms in total. The molecule has 2 aliphatic rings. The minimum atomic E-state index is -0.735. The Hall–Kier alpha value is -4.13. The van der Waals surface area contributed by atoms with Gasteiger partial charge in [0.15, 0.2) is 11.5 Å². The van der Waals surface area contributed by atoms with Crippen LogP contribution in [0.25, 0.3) is 5.76 Å². The summed E-state index contributed by atoms with van der Waals surface area (Å²) in [6, 6.07) is 15.4. The molecule has 1 atom stereocenters. The van der Waals surface area contributed by atoms with E-state index in [0.717, 1.165) is 16.7 Å². The molecule has 2 aromatic carbocycles. The maximum Gasteiger partial charge on any atom is 0.295 e. The Morgan fingerprint density at radius 3 is 2.62 bits per heavy atom. The van der Waals surface area contributed by atoms with Gasteiger partial charge in [0, 0.05) is 24.5 Å². The number of ketones is 1. The van der Waals surface area contributed by atoms with Crippen LogP contribution in [0, 0.1) is 6.92 Å². The number of aromatic nitrogens is 1. The molecule has 1 aromatic heterocycles. The molecule has 0 bridgehead atoms. The number of nitrogens with zero attached hydrogens (tertiary/aromatic N) is 2. The number of ether oxygens (including phenoxy) is 2. The number of benzene rings is 2. The van der Waals surface area contributed by atoms with E-state index >= 15 is 0 Å². The monoisotopic (exact) mass is 428 g/mol. The average molecular weight is 428 g/mol. The van der Waals surface area contributed by atoms with Crippen LogP contribution < -0.4 is 9.47 Å². The van der Waals surface area contributed by atoms with E-state index in [0.29, 0.717) is 17.1 Å². The number of amides is 1. The second-order valence-corrected chi connectivity index (χ2v) is 7.77. The topological polar surface area (TPSA) is 89.0 Å². The number of likely N-dealkylation sites (tertiary alicyclic amines) is 1. The van der Waals surface area contributed by atoms with Crippen molar-refractivity contribution >= 4 is 17.4 Å². The fourth-order valence-corrected chi connectivity index (χ4v) is 4.03. The van der Waals surface area contributed by atoms with Crippen LogP contribution in [-0.4, -0.2) is 33.5 Å². The lowest BCUT2D eigenvalue weighted by atomic mass is 9.94. The highest BCUT2D eigenvalue weighted by molar-refractivity contribution is 6.46. The molecular formula is C25H20N2O5. The molecule has 1 fully saturated rings. The summed E-state index contributed by atoms with van der Waals surface area (Å²) < 4.78 is 10.7. The predicted octanol–water partition coefficient (Wildman–Crippen LogP) is 3.74. The van der Waals surface area contributed by atoms with Crippen molar-refractivity contribution in [3.8, 4) is 11.5 Å². The summed E-state index contributed by atoms with van der Waals surface area (Å²) in [5.41, 5.74) is 3.00. The van der Waals surface area contributed by atoms with Crippen LogP contribution in [0.1, 0.15) is 28.3 Å². The zero-order valence-corrected chi connectivity index (χ0v) is 17.3. The number of aliphatic hydroxyl groups is 1. The van der Waals surface area contributed by atoms with Crippen LogP contribution in [0.15, 0.2) is 72.6 Å². The summed E-state index contributed by atoms with van der Waals surface area (Å²) in [5, 5.41) is 11.2. The number of Topliss-reactive ketones (excluding diaryl/α,β-unsaturated/α-hetero) is 1. The summed E-state index contributed by atoms with van der Waals surface area (Å²) in [5.74, 6) is -0.601. The third-order valence-electron chi connectivity index (χ3n) is 5.65. The fraction of sp³-hybridized carbons (Fsp3) is 0.160. The highest BCUT2D eigenvalue weighted by atomic mass is 16.7. The number of aryl methyl sites for hydroxylation is 1. The lowest BCUT2D eigenvalue weighted by Crippen LogP contribution is -2.29. The van der Waals surface area contributed by atoms with Gasteiger partial charge in [0.25, 0.3) is 11.7 Å². The molecule has 1 amide bonds. The standard InChI is InChI=1S/C25H20N2O5/c1-15-4-6-17(7-5-15)22-21(23(28)18-8-9-19-20(11-18)32-14-31-19)24(29)25(30)27(22)13-16-3-2-10-26-12-16/h2-12,22,28H,13-14H2,1H3. The van der Waals surface area contributed by atoms with E-state index in [4.69, 9.17) is 9.47 Å². The molecule has 5 rings (SSSR count). The van der Waals surface area contributed by atoms with E-state index in [9.17, 15) is 14.7 Å². The van der Waals surface area contributed by atoms with Gasteiger partial charge in [-0.1, -0.05) is 35.9 Å². The Balaban J connectivity index is 1.64. The Kier molecular flexibility index (Phi) is 4.86. The Bertz CT molecular complexity index is 1230. The van der Waals surface area contributed by atoms with Crippen molar-refractivity contribution < 1.29 is 24.2 Å². The zero-order chi connectivity index (χ0) is 22.2. The molecule has 2 aliphatic heterocycles. The molecule has 0 aliphatic carbocycles. The number of fused-ring (bicyclic) bond motifs is 1. The summed E-state index contributed by atoms with van der Waals surface area (Å²) in [7, 11) is 0. The number of hydrogen-bond acceptors (Lipinski definition) is 6. The van der Waals surface area contributed by atoms with Crippen LogP contribution in [0.2, 0.25) is 0 Å². The third kappa shape index (κ3) is 3.37. The van der Waals surface area contributed by atoms with Gasteiger partial charge in [-0.2, -0.15) is 0 Å². The number of hydrogen-bond donors (Lipinski definition) is 1. The Morgan fingerprint density at radius 2 is 1.88 bits per heavy atom. The summed E-state index contributed by atoms with van der Waals surface area (Å²) in [6.07, 6.45) is 3.30. The molecule has 7 heteroatoms. The van der Waals surface area contributed by atoms with Crippen molar-refractivity contribution in [1.82, 2.24) is 9.88 Å². The normalized spacial score (nSPS) is 18.9. The number of carbonyl (C=O) groups excluding carboxylic acids is 2. The molecule has 3 heterocycles. The average Bonchev–Trinajstić information content (AvgIpc) is 3.38. The van der Waals surface area contributed by atoms with Crippen molar-refractivity contribution in [2.24, 2.45) is 0 Å². The SMILES string of the molecule is Cc1ccc(C2C(=C(O)c3ccc4c(c3)OCO4)C(=O)C(=O)N2Cc2cccnc2)cc1. The summed E-state index contributed by atoms with van der Waals surface area (Å²) in [6.45, 7) is 2.25. The van der Waals surface area contributed by atoms with Gasteiger partial charge < -0.3 is 19.5 Å².